The van der Waals surface area contributed by atoms with E-state index in [9.17, 15) is 19.3 Å². The molecule has 0 radical (unpaired) electrons. The van der Waals surface area contributed by atoms with Crippen molar-refractivity contribution < 1.29 is 19.2 Å². The van der Waals surface area contributed by atoms with Gasteiger partial charge >= 0.3 is 5.97 Å². The van der Waals surface area contributed by atoms with Crippen LogP contribution in [-0.4, -0.2) is 16.0 Å². The minimum atomic E-state index is -1.47. The zero-order valence-electron chi connectivity index (χ0n) is 6.53. The summed E-state index contributed by atoms with van der Waals surface area (Å²) in [5.41, 5.74) is -1.32. The van der Waals surface area contributed by atoms with Gasteiger partial charge in [0.2, 0.25) is 0 Å². The number of nitro benzene ring substituents is 1. The largest absolute Gasteiger partial charge is 0.477 e. The van der Waals surface area contributed by atoms with Crippen LogP contribution in [0.2, 0.25) is 0 Å². The predicted octanol–water partition coefficient (Wildman–Crippen LogP) is 2.19. The summed E-state index contributed by atoms with van der Waals surface area (Å²) < 4.78 is 12.7. The Morgan fingerprint density at radius 3 is 2.57 bits per heavy atom. The van der Waals surface area contributed by atoms with E-state index >= 15 is 0 Å². The van der Waals surface area contributed by atoms with Crippen molar-refractivity contribution in [2.24, 2.45) is 0 Å². The molecule has 7 heteroatoms. The first-order valence-corrected chi connectivity index (χ1v) is 4.09. The standard InChI is InChI=1S/C7H3BrFNO4/c8-4-1-3(7(11)12)6(10(13)14)2-5(4)9/h1-2H,(H,11,12). The van der Waals surface area contributed by atoms with Crippen LogP contribution in [0, 0.1) is 15.9 Å². The lowest BCUT2D eigenvalue weighted by Crippen LogP contribution is -2.03. The molecule has 0 spiro atoms. The molecule has 0 aromatic heterocycles. The molecule has 1 rings (SSSR count). The highest BCUT2D eigenvalue weighted by molar-refractivity contribution is 9.10. The molecule has 5 nitrogen and oxygen atoms in total. The SMILES string of the molecule is O=C(O)c1cc(Br)c(F)cc1[N+](=O)[O-]. The number of carbonyl (C=O) groups is 1. The van der Waals surface area contributed by atoms with Gasteiger partial charge < -0.3 is 5.11 Å². The van der Waals surface area contributed by atoms with Gasteiger partial charge in [-0.1, -0.05) is 0 Å². The summed E-state index contributed by atoms with van der Waals surface area (Å²) >= 11 is 2.74. The van der Waals surface area contributed by atoms with E-state index in [0.29, 0.717) is 6.07 Å². The molecule has 1 aromatic carbocycles. The maximum atomic E-state index is 12.8. The van der Waals surface area contributed by atoms with Gasteiger partial charge in [-0.05, 0) is 22.0 Å². The fourth-order valence-corrected chi connectivity index (χ4v) is 1.20. The highest BCUT2D eigenvalue weighted by Gasteiger charge is 2.22. The molecular formula is C7H3BrFNO4. The second kappa shape index (κ2) is 3.70. The molecule has 0 saturated carbocycles. The zero-order valence-corrected chi connectivity index (χ0v) is 8.12. The van der Waals surface area contributed by atoms with Gasteiger partial charge in [0.25, 0.3) is 5.69 Å². The van der Waals surface area contributed by atoms with Crippen molar-refractivity contribution in [3.63, 3.8) is 0 Å². The Bertz CT molecular complexity index is 381. The van der Waals surface area contributed by atoms with E-state index in [-0.39, 0.29) is 4.47 Å². The van der Waals surface area contributed by atoms with Crippen molar-refractivity contribution >= 4 is 27.6 Å². The third kappa shape index (κ3) is 1.87. The zero-order chi connectivity index (χ0) is 10.9. The molecule has 0 saturated heterocycles. The quantitative estimate of drug-likeness (QED) is 0.655. The van der Waals surface area contributed by atoms with Gasteiger partial charge in [-0.3, -0.25) is 10.1 Å². The fraction of sp³-hybridized carbons (Fsp3) is 0. The Labute approximate surface area is 85.4 Å². The third-order valence-corrected chi connectivity index (χ3v) is 2.07. The lowest BCUT2D eigenvalue weighted by atomic mass is 10.2. The lowest BCUT2D eigenvalue weighted by molar-refractivity contribution is -0.385. The molecule has 0 amide bonds. The van der Waals surface area contributed by atoms with Crippen LogP contribution in [0.1, 0.15) is 10.4 Å². The first-order valence-electron chi connectivity index (χ1n) is 3.30. The van der Waals surface area contributed by atoms with Crippen LogP contribution in [0.15, 0.2) is 16.6 Å². The van der Waals surface area contributed by atoms with E-state index in [0.717, 1.165) is 6.07 Å². The number of rotatable bonds is 2. The predicted molar refractivity (Wildman–Crippen MR) is 47.7 cm³/mol. The molecule has 0 bridgehead atoms. The van der Waals surface area contributed by atoms with Crippen LogP contribution >= 0.6 is 15.9 Å². The Morgan fingerprint density at radius 2 is 2.14 bits per heavy atom. The van der Waals surface area contributed by atoms with Crippen molar-refractivity contribution in [2.75, 3.05) is 0 Å². The number of nitrogens with zero attached hydrogens (tertiary/aromatic N) is 1. The van der Waals surface area contributed by atoms with Gasteiger partial charge in [-0.25, -0.2) is 9.18 Å². The summed E-state index contributed by atoms with van der Waals surface area (Å²) in [6.07, 6.45) is 0. The van der Waals surface area contributed by atoms with Crippen molar-refractivity contribution in [3.8, 4) is 0 Å². The summed E-state index contributed by atoms with van der Waals surface area (Å²) in [6.45, 7) is 0. The average Bonchev–Trinajstić information content (AvgIpc) is 2.08. The second-order valence-electron chi connectivity index (χ2n) is 2.35. The Hall–Kier alpha value is -1.50. The van der Waals surface area contributed by atoms with Crippen molar-refractivity contribution in [3.05, 3.63) is 38.1 Å². The molecule has 0 aliphatic carbocycles. The topological polar surface area (TPSA) is 80.4 Å². The number of nitro groups is 1. The van der Waals surface area contributed by atoms with Crippen LogP contribution in [0.3, 0.4) is 0 Å². The molecule has 0 unspecified atom stereocenters. The molecule has 1 N–H and O–H groups in total. The summed E-state index contributed by atoms with van der Waals surface area (Å²) in [5.74, 6) is -2.35. The molecular weight excluding hydrogens is 261 g/mol. The van der Waals surface area contributed by atoms with E-state index in [2.05, 4.69) is 15.9 Å². The van der Waals surface area contributed by atoms with E-state index in [1.807, 2.05) is 0 Å². The van der Waals surface area contributed by atoms with E-state index < -0.39 is 28.0 Å². The van der Waals surface area contributed by atoms with E-state index in [4.69, 9.17) is 5.11 Å². The second-order valence-corrected chi connectivity index (χ2v) is 3.20. The number of carboxylic acids is 1. The highest BCUT2D eigenvalue weighted by atomic mass is 79.9. The summed E-state index contributed by atoms with van der Waals surface area (Å²) in [6, 6.07) is 1.42. The fourth-order valence-electron chi connectivity index (χ4n) is 0.859. The van der Waals surface area contributed by atoms with Crippen LogP contribution in [0.25, 0.3) is 0 Å². The number of benzene rings is 1. The maximum Gasteiger partial charge on any atom is 0.342 e. The summed E-state index contributed by atoms with van der Waals surface area (Å²) in [5, 5.41) is 18.9. The van der Waals surface area contributed by atoms with Crippen LogP contribution < -0.4 is 0 Å². The number of hydrogen-bond donors (Lipinski definition) is 1. The minimum absolute atomic E-state index is 0.125. The van der Waals surface area contributed by atoms with Gasteiger partial charge in [-0.2, -0.15) is 0 Å². The van der Waals surface area contributed by atoms with Gasteiger partial charge in [0, 0.05) is 0 Å². The first kappa shape index (κ1) is 10.6. The molecule has 1 aromatic rings. The summed E-state index contributed by atoms with van der Waals surface area (Å²) in [7, 11) is 0. The minimum Gasteiger partial charge on any atom is -0.477 e. The van der Waals surface area contributed by atoms with Gasteiger partial charge in [-0.15, -0.1) is 0 Å². The Morgan fingerprint density at radius 1 is 1.57 bits per heavy atom. The number of halogens is 2. The molecule has 0 aliphatic heterocycles. The normalized spacial score (nSPS) is 9.86. The smallest absolute Gasteiger partial charge is 0.342 e. The van der Waals surface area contributed by atoms with E-state index in [1.165, 1.54) is 0 Å². The molecule has 0 fully saturated rings. The Kier molecular flexibility index (Phi) is 2.80. The van der Waals surface area contributed by atoms with Gasteiger partial charge in [0.15, 0.2) is 0 Å². The molecule has 74 valence electrons. The molecule has 0 aliphatic rings. The van der Waals surface area contributed by atoms with Crippen LogP contribution in [0.4, 0.5) is 10.1 Å². The molecule has 0 atom stereocenters. The Balaban J connectivity index is 3.46. The summed E-state index contributed by atoms with van der Waals surface area (Å²) in [4.78, 5) is 19.9. The monoisotopic (exact) mass is 263 g/mol. The van der Waals surface area contributed by atoms with Crippen LogP contribution in [0.5, 0.6) is 0 Å². The molecule has 0 heterocycles. The number of carboxylic acid groups (broad SMARTS) is 1. The van der Waals surface area contributed by atoms with Crippen molar-refractivity contribution in [1.29, 1.82) is 0 Å². The lowest BCUT2D eigenvalue weighted by Gasteiger charge is -1.99. The highest BCUT2D eigenvalue weighted by Crippen LogP contribution is 2.26. The van der Waals surface area contributed by atoms with Crippen molar-refractivity contribution in [2.45, 2.75) is 0 Å². The number of hydrogen-bond acceptors (Lipinski definition) is 3. The first-order chi connectivity index (χ1) is 6.43. The van der Waals surface area contributed by atoms with Crippen LogP contribution in [-0.2, 0) is 0 Å². The van der Waals surface area contributed by atoms with Crippen molar-refractivity contribution in [1.82, 2.24) is 0 Å². The average molecular weight is 264 g/mol. The van der Waals surface area contributed by atoms with Gasteiger partial charge in [0.05, 0.1) is 15.5 Å². The van der Waals surface area contributed by atoms with E-state index in [1.54, 1.807) is 0 Å². The maximum absolute atomic E-state index is 12.8. The van der Waals surface area contributed by atoms with Gasteiger partial charge in [0.1, 0.15) is 11.4 Å². The molecule has 14 heavy (non-hydrogen) atoms. The third-order valence-electron chi connectivity index (χ3n) is 1.47. The number of aromatic carboxylic acids is 1.